The summed E-state index contributed by atoms with van der Waals surface area (Å²) in [5.74, 6) is 0.156. The van der Waals surface area contributed by atoms with Gasteiger partial charge >= 0.3 is 23.5 Å². The second kappa shape index (κ2) is 8.25. The Bertz CT molecular complexity index is 1120. The van der Waals surface area contributed by atoms with E-state index in [0.29, 0.717) is 5.52 Å². The Morgan fingerprint density at radius 2 is 1.94 bits per heavy atom. The van der Waals surface area contributed by atoms with Crippen molar-refractivity contribution in [2.45, 2.75) is 31.2 Å². The molecule has 19 heteroatoms. The van der Waals surface area contributed by atoms with E-state index in [4.69, 9.17) is 25.2 Å². The zero-order chi connectivity index (χ0) is 23.2. The molecule has 5 atom stereocenters. The van der Waals surface area contributed by atoms with Crippen LogP contribution in [0, 0.1) is 0 Å². The van der Waals surface area contributed by atoms with Crippen molar-refractivity contribution >= 4 is 34.8 Å². The Hall–Kier alpha value is -1.28. The van der Waals surface area contributed by atoms with Crippen LogP contribution in [-0.2, 0) is 31.6 Å². The SMILES string of the molecule is C[C@@]1(F)C[C@@H](COP(=O)(O)OP(=O)(O)OP(=O)(O)O)O[C@H]1c1ccc2c(N)ncnn12. The summed E-state index contributed by atoms with van der Waals surface area (Å²) < 4.78 is 67.6. The summed E-state index contributed by atoms with van der Waals surface area (Å²) in [5.41, 5.74) is 4.47. The summed E-state index contributed by atoms with van der Waals surface area (Å²) in [4.78, 5) is 39.5. The number of nitrogens with zero attached hydrogens (tertiary/aromatic N) is 3. The van der Waals surface area contributed by atoms with E-state index in [2.05, 4.69) is 23.2 Å². The summed E-state index contributed by atoms with van der Waals surface area (Å²) >= 11 is 0. The highest BCUT2D eigenvalue weighted by atomic mass is 31.3. The molecular weight excluding hydrogens is 488 g/mol. The van der Waals surface area contributed by atoms with Gasteiger partial charge in [0.05, 0.1) is 18.4 Å². The smallest absolute Gasteiger partial charge is 0.382 e. The number of nitrogens with two attached hydrogens (primary N) is 1. The molecule has 0 aliphatic carbocycles. The molecule has 6 N–H and O–H groups in total. The first-order valence-electron chi connectivity index (χ1n) is 8.29. The van der Waals surface area contributed by atoms with Crippen molar-refractivity contribution < 1.29 is 55.5 Å². The lowest BCUT2D eigenvalue weighted by molar-refractivity contribution is -0.0192. The number of alkyl halides is 1. The van der Waals surface area contributed by atoms with Crippen LogP contribution in [0.15, 0.2) is 18.5 Å². The highest BCUT2D eigenvalue weighted by molar-refractivity contribution is 7.66. The van der Waals surface area contributed by atoms with E-state index in [1.54, 1.807) is 6.07 Å². The molecule has 1 fully saturated rings. The van der Waals surface area contributed by atoms with E-state index >= 15 is 4.39 Å². The lowest BCUT2D eigenvalue weighted by atomic mass is 9.96. The fourth-order valence-electron chi connectivity index (χ4n) is 3.06. The first-order valence-corrected chi connectivity index (χ1v) is 12.8. The molecule has 0 aromatic carbocycles. The van der Waals surface area contributed by atoms with Crippen LogP contribution in [0.2, 0.25) is 0 Å². The van der Waals surface area contributed by atoms with Gasteiger partial charge in [0, 0.05) is 6.42 Å². The average molecular weight is 506 g/mol. The number of halogens is 1. The largest absolute Gasteiger partial charge is 0.490 e. The van der Waals surface area contributed by atoms with Crippen molar-refractivity contribution in [2.75, 3.05) is 12.3 Å². The minimum absolute atomic E-state index is 0.156. The number of nitrogen functional groups attached to an aromatic ring is 1. The topological polar surface area (TPSA) is 225 Å². The summed E-state index contributed by atoms with van der Waals surface area (Å²) in [6, 6.07) is 3.08. The van der Waals surface area contributed by atoms with Crippen LogP contribution >= 0.6 is 23.5 Å². The molecule has 1 aliphatic rings. The van der Waals surface area contributed by atoms with Crippen LogP contribution in [-0.4, -0.2) is 52.6 Å². The molecule has 174 valence electrons. The highest BCUT2D eigenvalue weighted by Crippen LogP contribution is 2.66. The van der Waals surface area contributed by atoms with Gasteiger partial charge in [-0.15, -0.1) is 0 Å². The third-order valence-corrected chi connectivity index (χ3v) is 7.92. The van der Waals surface area contributed by atoms with E-state index in [9.17, 15) is 18.6 Å². The van der Waals surface area contributed by atoms with Gasteiger partial charge in [0.25, 0.3) is 0 Å². The number of hydrogen-bond acceptors (Lipinski definition) is 10. The van der Waals surface area contributed by atoms with E-state index in [1.165, 1.54) is 23.8 Å². The summed E-state index contributed by atoms with van der Waals surface area (Å²) in [6.07, 6.45) is -1.42. The van der Waals surface area contributed by atoms with Crippen LogP contribution in [0.4, 0.5) is 10.2 Å². The van der Waals surface area contributed by atoms with Crippen LogP contribution in [0.25, 0.3) is 5.52 Å². The van der Waals surface area contributed by atoms with Crippen molar-refractivity contribution in [3.8, 4) is 0 Å². The van der Waals surface area contributed by atoms with Gasteiger partial charge < -0.3 is 30.0 Å². The minimum Gasteiger partial charge on any atom is -0.382 e. The molecule has 2 aromatic rings. The molecule has 0 amide bonds. The predicted molar refractivity (Wildman–Crippen MR) is 99.0 cm³/mol. The van der Waals surface area contributed by atoms with Gasteiger partial charge in [-0.25, -0.2) is 27.6 Å². The number of anilines is 1. The van der Waals surface area contributed by atoms with Crippen LogP contribution in [0.5, 0.6) is 0 Å². The molecule has 15 nitrogen and oxygen atoms in total. The monoisotopic (exact) mass is 506 g/mol. The number of rotatable bonds is 8. The first-order chi connectivity index (χ1) is 14.1. The van der Waals surface area contributed by atoms with E-state index < -0.39 is 48.0 Å². The molecule has 0 bridgehead atoms. The lowest BCUT2D eigenvalue weighted by Crippen LogP contribution is -2.24. The molecule has 2 unspecified atom stereocenters. The van der Waals surface area contributed by atoms with Crippen molar-refractivity contribution in [3.05, 3.63) is 24.2 Å². The number of aromatic nitrogens is 3. The zero-order valence-corrected chi connectivity index (χ0v) is 18.3. The van der Waals surface area contributed by atoms with Crippen LogP contribution in [0.3, 0.4) is 0 Å². The molecule has 1 aliphatic heterocycles. The van der Waals surface area contributed by atoms with Gasteiger partial charge in [0.15, 0.2) is 5.82 Å². The number of fused-ring (bicyclic) bond motifs is 1. The lowest BCUT2D eigenvalue weighted by Gasteiger charge is -2.20. The van der Waals surface area contributed by atoms with E-state index in [0.717, 1.165) is 0 Å². The van der Waals surface area contributed by atoms with Gasteiger partial charge in [-0.2, -0.15) is 13.7 Å². The summed E-state index contributed by atoms with van der Waals surface area (Å²) in [5, 5.41) is 4.00. The zero-order valence-electron chi connectivity index (χ0n) is 15.6. The number of phosphoric acid groups is 3. The summed E-state index contributed by atoms with van der Waals surface area (Å²) in [7, 11) is -16.5. The quantitative estimate of drug-likeness (QED) is 0.317. The van der Waals surface area contributed by atoms with Gasteiger partial charge in [0.1, 0.15) is 23.6 Å². The number of hydrogen-bond donors (Lipinski definition) is 5. The maximum absolute atomic E-state index is 15.2. The maximum Gasteiger partial charge on any atom is 0.490 e. The minimum atomic E-state index is -5.65. The Morgan fingerprint density at radius 1 is 1.26 bits per heavy atom. The second-order valence-corrected chi connectivity index (χ2v) is 11.1. The van der Waals surface area contributed by atoms with Gasteiger partial charge in [-0.3, -0.25) is 4.52 Å². The second-order valence-electron chi connectivity index (χ2n) is 6.71. The standard InChI is InChI=1S/C12H18FN4O11P3/c1-12(13)4-7(5-25-30(21,22)28-31(23,24)27-29(18,19)20)26-10(12)8-2-3-9-11(14)15-6-16-17(8)9/h2-3,6-7,10H,4-5H2,1H3,(H,21,22)(H,23,24)(H2,14,15,16)(H2,18,19,20)/t7-,10-,12+/m0/s1. The molecule has 3 rings (SSSR count). The molecular formula is C12H18FN4O11P3. The summed E-state index contributed by atoms with van der Waals surface area (Å²) in [6.45, 7) is 0.465. The number of ether oxygens (including phenoxy) is 1. The third-order valence-electron chi connectivity index (χ3n) is 4.12. The van der Waals surface area contributed by atoms with Gasteiger partial charge in [-0.1, -0.05) is 0 Å². The molecule has 31 heavy (non-hydrogen) atoms. The average Bonchev–Trinajstić information content (AvgIpc) is 3.10. The molecule has 2 aromatic heterocycles. The molecule has 0 spiro atoms. The van der Waals surface area contributed by atoms with Gasteiger partial charge in [0.2, 0.25) is 0 Å². The van der Waals surface area contributed by atoms with E-state index in [1.807, 2.05) is 0 Å². The van der Waals surface area contributed by atoms with Crippen LogP contribution < -0.4 is 5.73 Å². The van der Waals surface area contributed by atoms with Gasteiger partial charge in [-0.05, 0) is 19.1 Å². The highest BCUT2D eigenvalue weighted by Gasteiger charge is 2.49. The normalized spacial score (nSPS) is 28.5. The Labute approximate surface area is 173 Å². The Morgan fingerprint density at radius 3 is 2.58 bits per heavy atom. The molecule has 0 saturated carbocycles. The first kappa shape index (κ1) is 24.4. The van der Waals surface area contributed by atoms with Crippen molar-refractivity contribution in [2.24, 2.45) is 0 Å². The fraction of sp³-hybridized carbons (Fsp3) is 0.500. The van der Waals surface area contributed by atoms with Crippen molar-refractivity contribution in [3.63, 3.8) is 0 Å². The molecule has 3 heterocycles. The van der Waals surface area contributed by atoms with E-state index in [-0.39, 0.29) is 17.9 Å². The molecule has 1 saturated heterocycles. The van der Waals surface area contributed by atoms with Crippen molar-refractivity contribution in [1.29, 1.82) is 0 Å². The van der Waals surface area contributed by atoms with Crippen molar-refractivity contribution in [1.82, 2.24) is 14.6 Å². The number of phosphoric ester groups is 1. The maximum atomic E-state index is 15.2. The Balaban J connectivity index is 1.69. The Kier molecular flexibility index (Phi) is 6.48. The fourth-order valence-corrected chi connectivity index (χ4v) is 6.11. The van der Waals surface area contributed by atoms with Crippen LogP contribution in [0.1, 0.15) is 25.1 Å². The predicted octanol–water partition coefficient (Wildman–Crippen LogP) is 1.21. The third kappa shape index (κ3) is 5.95. The molecule has 0 radical (unpaired) electrons.